The fraction of sp³-hybridized carbons (Fsp3) is 0.500. The summed E-state index contributed by atoms with van der Waals surface area (Å²) in [5.41, 5.74) is 1.63. The van der Waals surface area contributed by atoms with Gasteiger partial charge in [-0.1, -0.05) is 25.4 Å². The van der Waals surface area contributed by atoms with Gasteiger partial charge < -0.3 is 9.55 Å². The molecule has 1 heterocycles. The van der Waals surface area contributed by atoms with Crippen LogP contribution in [0.1, 0.15) is 32.7 Å². The quantitative estimate of drug-likeness (QED) is 0.727. The number of benzene rings is 1. The average molecular weight is 299 g/mol. The number of fused-ring (bicyclic) bond motifs is 1. The van der Waals surface area contributed by atoms with Gasteiger partial charge in [0.1, 0.15) is 5.82 Å². The van der Waals surface area contributed by atoms with Crippen LogP contribution in [0.3, 0.4) is 0 Å². The fourth-order valence-corrected chi connectivity index (χ4v) is 3.65. The van der Waals surface area contributed by atoms with Crippen LogP contribution in [0.25, 0.3) is 11.0 Å². The number of hydrogen-bond donors (Lipinski definition) is 1. The minimum Gasteiger partial charge on any atom is -0.330 e. The lowest BCUT2D eigenvalue weighted by molar-refractivity contribution is 0.356. The maximum atomic E-state index is 13.5. The van der Waals surface area contributed by atoms with Crippen LogP contribution in [0.4, 0.5) is 4.39 Å². The zero-order valence-electron chi connectivity index (χ0n) is 10.9. The highest BCUT2D eigenvalue weighted by atomic mass is 35.5. The first-order chi connectivity index (χ1) is 8.99. The number of aromatic nitrogens is 2. The van der Waals surface area contributed by atoms with Crippen molar-refractivity contribution in [2.45, 2.75) is 32.7 Å². The summed E-state index contributed by atoms with van der Waals surface area (Å²) in [6.07, 6.45) is 2.31. The molecule has 1 saturated carbocycles. The number of nitrogens with one attached hydrogen (secondary N) is 1. The van der Waals surface area contributed by atoms with Crippen LogP contribution in [0.15, 0.2) is 12.1 Å². The predicted molar refractivity (Wildman–Crippen MR) is 78.7 cm³/mol. The highest BCUT2D eigenvalue weighted by molar-refractivity contribution is 7.71. The van der Waals surface area contributed by atoms with Gasteiger partial charge in [0.05, 0.1) is 16.1 Å². The molecule has 2 aromatic rings. The van der Waals surface area contributed by atoms with E-state index in [0.29, 0.717) is 22.6 Å². The SMILES string of the molecule is CC1CCC(n2c(=S)[nH]c3cc(F)c(Cl)cc32)C1C. The number of aromatic amines is 1. The van der Waals surface area contributed by atoms with Crippen molar-refractivity contribution in [1.82, 2.24) is 9.55 Å². The summed E-state index contributed by atoms with van der Waals surface area (Å²) in [4.78, 5) is 3.09. The Morgan fingerprint density at radius 2 is 2.11 bits per heavy atom. The molecule has 2 nitrogen and oxygen atoms in total. The normalized spacial score (nSPS) is 27.3. The lowest BCUT2D eigenvalue weighted by Crippen LogP contribution is -2.14. The van der Waals surface area contributed by atoms with Gasteiger partial charge in [0.25, 0.3) is 0 Å². The van der Waals surface area contributed by atoms with Crippen molar-refractivity contribution in [2.75, 3.05) is 0 Å². The second-order valence-electron chi connectivity index (χ2n) is 5.56. The van der Waals surface area contributed by atoms with Gasteiger partial charge in [0, 0.05) is 12.1 Å². The van der Waals surface area contributed by atoms with E-state index < -0.39 is 5.82 Å². The summed E-state index contributed by atoms with van der Waals surface area (Å²) in [7, 11) is 0. The molecule has 1 N–H and O–H groups in total. The summed E-state index contributed by atoms with van der Waals surface area (Å²) in [5, 5.41) is 0.147. The van der Waals surface area contributed by atoms with Gasteiger partial charge in [-0.15, -0.1) is 0 Å². The van der Waals surface area contributed by atoms with Gasteiger partial charge >= 0.3 is 0 Å². The summed E-state index contributed by atoms with van der Waals surface area (Å²) < 4.78 is 16.3. The van der Waals surface area contributed by atoms with Crippen molar-refractivity contribution >= 4 is 34.9 Å². The highest BCUT2D eigenvalue weighted by Gasteiger charge is 2.32. The average Bonchev–Trinajstić information content (AvgIpc) is 2.82. The molecule has 0 bridgehead atoms. The zero-order valence-corrected chi connectivity index (χ0v) is 12.5. The number of rotatable bonds is 1. The van der Waals surface area contributed by atoms with Crippen molar-refractivity contribution in [3.63, 3.8) is 0 Å². The number of halogens is 2. The Balaban J connectivity index is 2.21. The Labute approximate surface area is 121 Å². The molecule has 0 aliphatic heterocycles. The van der Waals surface area contributed by atoms with Crippen LogP contribution in [0.5, 0.6) is 0 Å². The molecule has 1 aromatic carbocycles. The van der Waals surface area contributed by atoms with Gasteiger partial charge in [-0.2, -0.15) is 0 Å². The summed E-state index contributed by atoms with van der Waals surface area (Å²) in [5.74, 6) is 0.840. The summed E-state index contributed by atoms with van der Waals surface area (Å²) >= 11 is 11.3. The van der Waals surface area contributed by atoms with E-state index in [2.05, 4.69) is 23.4 Å². The van der Waals surface area contributed by atoms with E-state index in [9.17, 15) is 4.39 Å². The third kappa shape index (κ3) is 2.01. The standard InChI is InChI=1S/C14H16ClFN2S/c1-7-3-4-12(8(7)2)18-13-5-9(15)10(16)6-11(13)17-14(18)19/h5-8,12H,3-4H2,1-2H3,(H,17,19). The highest BCUT2D eigenvalue weighted by Crippen LogP contribution is 2.41. The molecular weight excluding hydrogens is 283 g/mol. The Hall–Kier alpha value is -0.870. The van der Waals surface area contributed by atoms with Gasteiger partial charge in [0.15, 0.2) is 4.77 Å². The van der Waals surface area contributed by atoms with Gasteiger partial charge in [-0.25, -0.2) is 4.39 Å². The van der Waals surface area contributed by atoms with Gasteiger partial charge in [-0.3, -0.25) is 0 Å². The molecule has 1 aromatic heterocycles. The molecule has 3 unspecified atom stereocenters. The van der Waals surface area contributed by atoms with Crippen molar-refractivity contribution < 1.29 is 4.39 Å². The number of imidazole rings is 1. The van der Waals surface area contributed by atoms with Crippen molar-refractivity contribution in [2.24, 2.45) is 11.8 Å². The molecule has 5 heteroatoms. The van der Waals surface area contributed by atoms with Crippen LogP contribution in [0, 0.1) is 22.4 Å². The molecule has 0 amide bonds. The largest absolute Gasteiger partial charge is 0.330 e. The second-order valence-corrected chi connectivity index (χ2v) is 6.36. The Morgan fingerprint density at radius 3 is 2.74 bits per heavy atom. The van der Waals surface area contributed by atoms with E-state index in [-0.39, 0.29) is 5.02 Å². The van der Waals surface area contributed by atoms with E-state index in [0.717, 1.165) is 17.5 Å². The molecule has 0 spiro atoms. The third-order valence-corrected chi connectivity index (χ3v) is 5.10. The summed E-state index contributed by atoms with van der Waals surface area (Å²) in [6, 6.07) is 3.47. The number of H-pyrrole nitrogens is 1. The maximum absolute atomic E-state index is 13.5. The van der Waals surface area contributed by atoms with E-state index in [4.69, 9.17) is 23.8 Å². The number of nitrogens with zero attached hydrogens (tertiary/aromatic N) is 1. The third-order valence-electron chi connectivity index (χ3n) is 4.51. The molecule has 19 heavy (non-hydrogen) atoms. The Morgan fingerprint density at radius 1 is 1.37 bits per heavy atom. The lowest BCUT2D eigenvalue weighted by Gasteiger charge is -2.20. The molecular formula is C14H16ClFN2S. The molecule has 3 rings (SSSR count). The topological polar surface area (TPSA) is 20.7 Å². The first-order valence-electron chi connectivity index (χ1n) is 6.58. The second kappa shape index (κ2) is 4.60. The van der Waals surface area contributed by atoms with Crippen LogP contribution in [-0.2, 0) is 0 Å². The minimum absolute atomic E-state index is 0.147. The van der Waals surface area contributed by atoms with E-state index in [1.54, 1.807) is 6.07 Å². The van der Waals surface area contributed by atoms with Crippen LogP contribution in [0.2, 0.25) is 5.02 Å². The van der Waals surface area contributed by atoms with Crippen molar-refractivity contribution in [3.8, 4) is 0 Å². The fourth-order valence-electron chi connectivity index (χ4n) is 3.15. The maximum Gasteiger partial charge on any atom is 0.178 e. The molecule has 3 atom stereocenters. The molecule has 0 radical (unpaired) electrons. The molecule has 1 fully saturated rings. The predicted octanol–water partition coefficient (Wildman–Crippen LogP) is 5.10. The molecule has 1 aliphatic carbocycles. The molecule has 1 aliphatic rings. The van der Waals surface area contributed by atoms with E-state index in [1.165, 1.54) is 12.5 Å². The minimum atomic E-state index is -0.412. The monoisotopic (exact) mass is 298 g/mol. The van der Waals surface area contributed by atoms with E-state index >= 15 is 0 Å². The van der Waals surface area contributed by atoms with Crippen molar-refractivity contribution in [3.05, 3.63) is 27.7 Å². The number of hydrogen-bond acceptors (Lipinski definition) is 1. The Kier molecular flexibility index (Phi) is 3.18. The van der Waals surface area contributed by atoms with Crippen LogP contribution >= 0.6 is 23.8 Å². The first kappa shape index (κ1) is 13.1. The first-order valence-corrected chi connectivity index (χ1v) is 7.37. The van der Waals surface area contributed by atoms with Gasteiger partial charge in [0.2, 0.25) is 0 Å². The van der Waals surface area contributed by atoms with Crippen molar-refractivity contribution in [1.29, 1.82) is 0 Å². The van der Waals surface area contributed by atoms with Crippen LogP contribution < -0.4 is 0 Å². The molecule has 0 saturated heterocycles. The Bertz CT molecular complexity index is 691. The zero-order chi connectivity index (χ0) is 13.7. The summed E-state index contributed by atoms with van der Waals surface area (Å²) in [6.45, 7) is 4.53. The van der Waals surface area contributed by atoms with E-state index in [1.807, 2.05) is 0 Å². The van der Waals surface area contributed by atoms with Crippen LogP contribution in [-0.4, -0.2) is 9.55 Å². The van der Waals surface area contributed by atoms with Gasteiger partial charge in [-0.05, 0) is 43.0 Å². The lowest BCUT2D eigenvalue weighted by atomic mass is 9.97. The molecule has 102 valence electrons. The smallest absolute Gasteiger partial charge is 0.178 e.